The highest BCUT2D eigenvalue weighted by atomic mass is 15.1. The van der Waals surface area contributed by atoms with E-state index in [0.717, 1.165) is 5.52 Å². The zero-order valence-corrected chi connectivity index (χ0v) is 9.19. The Morgan fingerprint density at radius 1 is 1.06 bits per heavy atom. The highest BCUT2D eigenvalue weighted by Crippen LogP contribution is 2.24. The van der Waals surface area contributed by atoms with Crippen LogP contribution in [0.25, 0.3) is 10.9 Å². The smallest absolute Gasteiger partial charge is 0.124 e. The summed E-state index contributed by atoms with van der Waals surface area (Å²) in [6.07, 6.45) is 2.61. The monoisotopic (exact) mass is 213 g/mol. The van der Waals surface area contributed by atoms with Crippen molar-refractivity contribution in [3.8, 4) is 0 Å². The molecule has 0 aliphatic carbocycles. The maximum absolute atomic E-state index is 5.66. The van der Waals surface area contributed by atoms with E-state index < -0.39 is 0 Å². The van der Waals surface area contributed by atoms with Crippen LogP contribution in [0, 0.1) is 0 Å². The summed E-state index contributed by atoms with van der Waals surface area (Å²) in [5.74, 6) is 0.585. The van der Waals surface area contributed by atoms with Gasteiger partial charge in [0.05, 0.1) is 5.52 Å². The number of nitrogens with zero attached hydrogens (tertiary/aromatic N) is 2. The van der Waals surface area contributed by atoms with Crippen LogP contribution in [0.4, 0.5) is 11.5 Å². The fraction of sp³-hybridized carbons (Fsp3) is 0.308. The summed E-state index contributed by atoms with van der Waals surface area (Å²) in [5, 5.41) is 1.17. The topological polar surface area (TPSA) is 42.1 Å². The average Bonchev–Trinajstić information content (AvgIpc) is 2.82. The minimum absolute atomic E-state index is 0.585. The van der Waals surface area contributed by atoms with Crippen molar-refractivity contribution in [1.29, 1.82) is 0 Å². The van der Waals surface area contributed by atoms with Gasteiger partial charge in [-0.3, -0.25) is 0 Å². The maximum atomic E-state index is 5.66. The number of benzene rings is 1. The predicted octanol–water partition coefficient (Wildman–Crippen LogP) is 2.42. The highest BCUT2D eigenvalue weighted by molar-refractivity contribution is 5.83. The minimum Gasteiger partial charge on any atom is -0.384 e. The molecule has 3 heteroatoms. The van der Waals surface area contributed by atoms with Crippen LogP contribution < -0.4 is 10.6 Å². The molecule has 2 heterocycles. The van der Waals surface area contributed by atoms with Gasteiger partial charge in [0, 0.05) is 24.2 Å². The van der Waals surface area contributed by atoms with E-state index in [1.54, 1.807) is 0 Å². The molecule has 3 rings (SSSR count). The lowest BCUT2D eigenvalue weighted by molar-refractivity contribution is 0.949. The summed E-state index contributed by atoms with van der Waals surface area (Å²) in [6, 6.07) is 10.3. The summed E-state index contributed by atoms with van der Waals surface area (Å²) >= 11 is 0. The summed E-state index contributed by atoms with van der Waals surface area (Å²) in [4.78, 5) is 6.73. The second-order valence-corrected chi connectivity index (χ2v) is 4.31. The summed E-state index contributed by atoms with van der Waals surface area (Å²) in [5.41, 5.74) is 7.94. The molecule has 0 spiro atoms. The molecule has 1 aromatic carbocycles. The normalized spacial score (nSPS) is 15.9. The van der Waals surface area contributed by atoms with Gasteiger partial charge in [-0.15, -0.1) is 0 Å². The Labute approximate surface area is 94.9 Å². The third-order valence-electron chi connectivity index (χ3n) is 3.17. The first-order valence-electron chi connectivity index (χ1n) is 5.74. The molecule has 1 aliphatic heterocycles. The van der Waals surface area contributed by atoms with Gasteiger partial charge in [0.2, 0.25) is 0 Å². The van der Waals surface area contributed by atoms with Crippen LogP contribution in [-0.4, -0.2) is 18.1 Å². The minimum atomic E-state index is 0.585. The van der Waals surface area contributed by atoms with E-state index in [1.807, 2.05) is 12.1 Å². The van der Waals surface area contributed by atoms with Crippen LogP contribution in [0.15, 0.2) is 30.3 Å². The molecule has 0 atom stereocenters. The van der Waals surface area contributed by atoms with Crippen LogP contribution >= 0.6 is 0 Å². The van der Waals surface area contributed by atoms with Gasteiger partial charge in [-0.05, 0) is 43.2 Å². The fourth-order valence-electron chi connectivity index (χ4n) is 2.30. The third-order valence-corrected chi connectivity index (χ3v) is 3.17. The van der Waals surface area contributed by atoms with Gasteiger partial charge in [-0.1, -0.05) is 0 Å². The summed E-state index contributed by atoms with van der Waals surface area (Å²) < 4.78 is 0. The number of hydrogen-bond acceptors (Lipinski definition) is 3. The molecule has 2 aromatic rings. The van der Waals surface area contributed by atoms with Crippen molar-refractivity contribution in [2.75, 3.05) is 23.7 Å². The number of nitrogens with two attached hydrogens (primary N) is 1. The van der Waals surface area contributed by atoms with Crippen molar-refractivity contribution in [2.24, 2.45) is 0 Å². The highest BCUT2D eigenvalue weighted by Gasteiger charge is 2.12. The molecule has 0 amide bonds. The molecule has 0 unspecified atom stereocenters. The van der Waals surface area contributed by atoms with E-state index in [-0.39, 0.29) is 0 Å². The number of aromatic nitrogens is 1. The number of hydrogen-bond donors (Lipinski definition) is 1. The van der Waals surface area contributed by atoms with Gasteiger partial charge in [-0.2, -0.15) is 0 Å². The van der Waals surface area contributed by atoms with E-state index in [9.17, 15) is 0 Å². The molecule has 16 heavy (non-hydrogen) atoms. The van der Waals surface area contributed by atoms with Gasteiger partial charge < -0.3 is 10.6 Å². The van der Waals surface area contributed by atoms with Crippen molar-refractivity contribution >= 4 is 22.4 Å². The van der Waals surface area contributed by atoms with Crippen LogP contribution in [0.3, 0.4) is 0 Å². The van der Waals surface area contributed by atoms with Crippen LogP contribution in [0.1, 0.15) is 12.8 Å². The first-order chi connectivity index (χ1) is 7.83. The van der Waals surface area contributed by atoms with Crippen LogP contribution in [0.5, 0.6) is 0 Å². The van der Waals surface area contributed by atoms with Crippen LogP contribution in [-0.2, 0) is 0 Å². The second-order valence-electron chi connectivity index (χ2n) is 4.31. The number of rotatable bonds is 1. The van der Waals surface area contributed by atoms with Crippen molar-refractivity contribution in [3.05, 3.63) is 30.3 Å². The quantitative estimate of drug-likeness (QED) is 0.791. The lowest BCUT2D eigenvalue weighted by atomic mass is 10.2. The first-order valence-corrected chi connectivity index (χ1v) is 5.74. The lowest BCUT2D eigenvalue weighted by Crippen LogP contribution is -2.17. The predicted molar refractivity (Wildman–Crippen MR) is 67.6 cm³/mol. The Morgan fingerprint density at radius 3 is 2.69 bits per heavy atom. The Kier molecular flexibility index (Phi) is 2.17. The van der Waals surface area contributed by atoms with E-state index in [4.69, 9.17) is 5.73 Å². The molecule has 1 saturated heterocycles. The van der Waals surface area contributed by atoms with E-state index >= 15 is 0 Å². The Balaban J connectivity index is 2.05. The maximum Gasteiger partial charge on any atom is 0.124 e. The van der Waals surface area contributed by atoms with E-state index in [2.05, 4.69) is 28.1 Å². The van der Waals surface area contributed by atoms with Crippen molar-refractivity contribution in [1.82, 2.24) is 4.98 Å². The molecule has 3 nitrogen and oxygen atoms in total. The van der Waals surface area contributed by atoms with Crippen molar-refractivity contribution in [3.63, 3.8) is 0 Å². The molecule has 0 saturated carbocycles. The largest absolute Gasteiger partial charge is 0.384 e. The molecule has 1 aliphatic rings. The molecular weight excluding hydrogens is 198 g/mol. The summed E-state index contributed by atoms with van der Waals surface area (Å²) in [6.45, 7) is 2.35. The van der Waals surface area contributed by atoms with Gasteiger partial charge in [0.1, 0.15) is 5.82 Å². The summed E-state index contributed by atoms with van der Waals surface area (Å²) in [7, 11) is 0. The van der Waals surface area contributed by atoms with Gasteiger partial charge >= 0.3 is 0 Å². The number of fused-ring (bicyclic) bond motifs is 1. The van der Waals surface area contributed by atoms with E-state index in [1.165, 1.54) is 37.0 Å². The third kappa shape index (κ3) is 1.58. The molecule has 1 fully saturated rings. The zero-order valence-electron chi connectivity index (χ0n) is 9.19. The zero-order chi connectivity index (χ0) is 11.0. The molecule has 1 aromatic heterocycles. The number of nitrogen functional groups attached to an aromatic ring is 1. The van der Waals surface area contributed by atoms with Crippen molar-refractivity contribution < 1.29 is 0 Å². The van der Waals surface area contributed by atoms with Gasteiger partial charge in [0.15, 0.2) is 0 Å². The fourth-order valence-corrected chi connectivity index (χ4v) is 2.30. The Morgan fingerprint density at radius 2 is 1.88 bits per heavy atom. The Bertz CT molecular complexity index is 516. The van der Waals surface area contributed by atoms with Crippen LogP contribution in [0.2, 0.25) is 0 Å². The molecule has 82 valence electrons. The lowest BCUT2D eigenvalue weighted by Gasteiger charge is -2.17. The molecular formula is C13H15N3. The number of pyridine rings is 1. The second kappa shape index (κ2) is 3.67. The SMILES string of the molecule is Nc1ccc2cc(N3CCCC3)ccc2n1. The number of anilines is 2. The first kappa shape index (κ1) is 9.46. The molecule has 0 bridgehead atoms. The Hall–Kier alpha value is -1.77. The van der Waals surface area contributed by atoms with Gasteiger partial charge in [-0.25, -0.2) is 4.98 Å². The van der Waals surface area contributed by atoms with Crippen molar-refractivity contribution in [2.45, 2.75) is 12.8 Å². The average molecular weight is 213 g/mol. The molecule has 2 N–H and O–H groups in total. The van der Waals surface area contributed by atoms with E-state index in [0.29, 0.717) is 5.82 Å². The standard InChI is InChI=1S/C13H15N3/c14-13-6-3-10-9-11(4-5-12(10)15-13)16-7-1-2-8-16/h3-6,9H,1-2,7-8H2,(H2,14,15). The molecule has 0 radical (unpaired) electrons. The van der Waals surface area contributed by atoms with Gasteiger partial charge in [0.25, 0.3) is 0 Å².